The Balaban J connectivity index is 2.30. The number of aromatic nitrogens is 2. The highest BCUT2D eigenvalue weighted by Crippen LogP contribution is 2.28. The molecule has 1 aromatic heterocycles. The second-order valence-electron chi connectivity index (χ2n) is 5.02. The first-order valence-corrected chi connectivity index (χ1v) is 8.86. The van der Waals surface area contributed by atoms with E-state index in [1.165, 1.54) is 6.07 Å². The summed E-state index contributed by atoms with van der Waals surface area (Å²) in [6.45, 7) is 2.40. The van der Waals surface area contributed by atoms with Gasteiger partial charge in [0, 0.05) is 6.54 Å². The summed E-state index contributed by atoms with van der Waals surface area (Å²) in [5.74, 6) is 0.0282. The van der Waals surface area contributed by atoms with Gasteiger partial charge in [-0.1, -0.05) is 6.42 Å². The van der Waals surface area contributed by atoms with Crippen molar-refractivity contribution in [3.63, 3.8) is 0 Å². The number of hydrogen-bond donors (Lipinski definition) is 0. The molecule has 6 heteroatoms. The molecular formula is C15H19ClF2N2S. The molecule has 2 nitrogen and oxygen atoms in total. The summed E-state index contributed by atoms with van der Waals surface area (Å²) in [6.07, 6.45) is 5.15. The molecule has 0 radical (unpaired) electrons. The highest BCUT2D eigenvalue weighted by molar-refractivity contribution is 7.98. The summed E-state index contributed by atoms with van der Waals surface area (Å²) < 4.78 is 29.3. The number of nitrogens with zero attached hydrogens (tertiary/aromatic N) is 2. The van der Waals surface area contributed by atoms with E-state index in [2.05, 4.69) is 11.2 Å². The summed E-state index contributed by atoms with van der Waals surface area (Å²) in [5, 5.41) is -0.342. The minimum atomic E-state index is -0.847. The molecule has 0 aliphatic rings. The first-order valence-electron chi connectivity index (χ1n) is 7.03. The maximum absolute atomic E-state index is 14.1. The number of thioether (sulfide) groups is 1. The standard InChI is InChI=1S/C15H19ClF2N2S/c1-10(16)15-19-12-7-6-11(17)13(18)14(12)20(15)8-4-3-5-9-21-2/h6-7,10H,3-5,8-9H2,1-2H3. The van der Waals surface area contributed by atoms with Crippen LogP contribution in [0.2, 0.25) is 0 Å². The van der Waals surface area contributed by atoms with Gasteiger partial charge in [0.15, 0.2) is 11.6 Å². The van der Waals surface area contributed by atoms with Gasteiger partial charge < -0.3 is 4.57 Å². The maximum Gasteiger partial charge on any atom is 0.184 e. The van der Waals surface area contributed by atoms with E-state index in [-0.39, 0.29) is 10.9 Å². The number of imidazole rings is 1. The molecular weight excluding hydrogens is 314 g/mol. The highest BCUT2D eigenvalue weighted by Gasteiger charge is 2.19. The van der Waals surface area contributed by atoms with E-state index in [9.17, 15) is 8.78 Å². The van der Waals surface area contributed by atoms with Crippen LogP contribution in [0.25, 0.3) is 11.0 Å². The fourth-order valence-corrected chi connectivity index (χ4v) is 3.06. The fraction of sp³-hybridized carbons (Fsp3) is 0.533. The van der Waals surface area contributed by atoms with Gasteiger partial charge in [0.05, 0.1) is 10.9 Å². The van der Waals surface area contributed by atoms with E-state index in [1.807, 2.05) is 11.8 Å². The van der Waals surface area contributed by atoms with Crippen molar-refractivity contribution in [2.75, 3.05) is 12.0 Å². The van der Waals surface area contributed by atoms with Gasteiger partial charge in [-0.05, 0) is 43.9 Å². The zero-order chi connectivity index (χ0) is 15.4. The van der Waals surface area contributed by atoms with Gasteiger partial charge in [-0.3, -0.25) is 0 Å². The Labute approximate surface area is 132 Å². The van der Waals surface area contributed by atoms with E-state index < -0.39 is 11.6 Å². The highest BCUT2D eigenvalue weighted by atomic mass is 35.5. The molecule has 0 bridgehead atoms. The Hall–Kier alpha value is -0.810. The number of aryl methyl sites for hydroxylation is 1. The number of benzene rings is 1. The SMILES string of the molecule is CSCCCCCn1c(C(C)Cl)nc2ccc(F)c(F)c21. The van der Waals surface area contributed by atoms with Crippen LogP contribution in [0.15, 0.2) is 12.1 Å². The Morgan fingerprint density at radius 3 is 2.71 bits per heavy atom. The van der Waals surface area contributed by atoms with Gasteiger partial charge in [0.2, 0.25) is 0 Å². The maximum atomic E-state index is 14.1. The number of fused-ring (bicyclic) bond motifs is 1. The van der Waals surface area contributed by atoms with E-state index in [0.717, 1.165) is 31.1 Å². The van der Waals surface area contributed by atoms with Crippen molar-refractivity contribution in [1.29, 1.82) is 0 Å². The average molecular weight is 333 g/mol. The van der Waals surface area contributed by atoms with Crippen molar-refractivity contribution in [1.82, 2.24) is 9.55 Å². The number of halogens is 3. The van der Waals surface area contributed by atoms with Crippen LogP contribution in [-0.4, -0.2) is 21.6 Å². The van der Waals surface area contributed by atoms with Crippen molar-refractivity contribution < 1.29 is 8.78 Å². The monoisotopic (exact) mass is 332 g/mol. The van der Waals surface area contributed by atoms with E-state index >= 15 is 0 Å². The Morgan fingerprint density at radius 2 is 2.05 bits per heavy atom. The molecule has 0 aliphatic carbocycles. The fourth-order valence-electron chi connectivity index (χ4n) is 2.40. The smallest absolute Gasteiger partial charge is 0.184 e. The Morgan fingerprint density at radius 1 is 1.29 bits per heavy atom. The first-order chi connectivity index (χ1) is 10.1. The summed E-state index contributed by atoms with van der Waals surface area (Å²) in [7, 11) is 0. The van der Waals surface area contributed by atoms with E-state index in [0.29, 0.717) is 17.9 Å². The number of unbranched alkanes of at least 4 members (excludes halogenated alkanes) is 2. The zero-order valence-corrected chi connectivity index (χ0v) is 13.8. The summed E-state index contributed by atoms with van der Waals surface area (Å²) in [5.41, 5.74) is 0.683. The topological polar surface area (TPSA) is 17.8 Å². The molecule has 0 spiro atoms. The molecule has 2 aromatic rings. The van der Waals surface area contributed by atoms with Crippen molar-refractivity contribution in [3.05, 3.63) is 29.6 Å². The molecule has 116 valence electrons. The first kappa shape index (κ1) is 16.6. The van der Waals surface area contributed by atoms with Crippen LogP contribution >= 0.6 is 23.4 Å². The Bertz CT molecular complexity index is 613. The lowest BCUT2D eigenvalue weighted by Crippen LogP contribution is -2.06. The lowest BCUT2D eigenvalue weighted by Gasteiger charge is -2.11. The van der Waals surface area contributed by atoms with Crippen molar-refractivity contribution in [3.8, 4) is 0 Å². The van der Waals surface area contributed by atoms with Crippen LogP contribution in [0.4, 0.5) is 8.78 Å². The van der Waals surface area contributed by atoms with Crippen LogP contribution in [0.3, 0.4) is 0 Å². The lowest BCUT2D eigenvalue weighted by molar-refractivity contribution is 0.507. The molecule has 0 amide bonds. The van der Waals surface area contributed by atoms with Gasteiger partial charge in [-0.15, -0.1) is 11.6 Å². The van der Waals surface area contributed by atoms with Gasteiger partial charge in [-0.2, -0.15) is 11.8 Å². The second-order valence-corrected chi connectivity index (χ2v) is 6.66. The van der Waals surface area contributed by atoms with Gasteiger partial charge >= 0.3 is 0 Å². The van der Waals surface area contributed by atoms with Crippen molar-refractivity contribution in [2.24, 2.45) is 0 Å². The molecule has 1 unspecified atom stereocenters. The number of rotatable bonds is 7. The van der Waals surface area contributed by atoms with Crippen LogP contribution in [-0.2, 0) is 6.54 Å². The predicted octanol–water partition coefficient (Wildman–Crippen LogP) is 5.15. The molecule has 0 fully saturated rings. The summed E-state index contributed by atoms with van der Waals surface area (Å²) in [4.78, 5) is 4.35. The second kappa shape index (κ2) is 7.45. The Kier molecular flexibility index (Phi) is 5.88. The molecule has 0 aliphatic heterocycles. The summed E-state index contributed by atoms with van der Waals surface area (Å²) in [6, 6.07) is 2.61. The third-order valence-electron chi connectivity index (χ3n) is 3.42. The van der Waals surface area contributed by atoms with Crippen LogP contribution in [0, 0.1) is 11.6 Å². The zero-order valence-electron chi connectivity index (χ0n) is 12.2. The molecule has 1 heterocycles. The van der Waals surface area contributed by atoms with E-state index in [4.69, 9.17) is 11.6 Å². The minimum absolute atomic E-state index is 0.224. The van der Waals surface area contributed by atoms with Crippen molar-refractivity contribution >= 4 is 34.4 Å². The molecule has 0 N–H and O–H groups in total. The van der Waals surface area contributed by atoms with Gasteiger partial charge in [0.25, 0.3) is 0 Å². The third kappa shape index (κ3) is 3.69. The van der Waals surface area contributed by atoms with Gasteiger partial charge in [0.1, 0.15) is 11.3 Å². The normalized spacial score (nSPS) is 13.0. The molecule has 21 heavy (non-hydrogen) atoms. The van der Waals surface area contributed by atoms with Crippen LogP contribution < -0.4 is 0 Å². The number of alkyl halides is 1. The lowest BCUT2D eigenvalue weighted by atomic mass is 10.2. The molecule has 1 atom stereocenters. The van der Waals surface area contributed by atoms with Crippen LogP contribution in [0.5, 0.6) is 0 Å². The molecule has 0 saturated carbocycles. The number of hydrogen-bond acceptors (Lipinski definition) is 2. The van der Waals surface area contributed by atoms with Gasteiger partial charge in [-0.25, -0.2) is 13.8 Å². The third-order valence-corrected chi connectivity index (χ3v) is 4.31. The molecule has 1 aromatic carbocycles. The largest absolute Gasteiger partial charge is 0.324 e. The van der Waals surface area contributed by atoms with Crippen molar-refractivity contribution in [2.45, 2.75) is 38.1 Å². The van der Waals surface area contributed by atoms with E-state index in [1.54, 1.807) is 11.5 Å². The minimum Gasteiger partial charge on any atom is -0.324 e. The average Bonchev–Trinajstić information content (AvgIpc) is 2.82. The molecule has 2 rings (SSSR count). The predicted molar refractivity (Wildman–Crippen MR) is 86.2 cm³/mol. The quantitative estimate of drug-likeness (QED) is 0.515. The molecule has 0 saturated heterocycles. The van der Waals surface area contributed by atoms with Crippen LogP contribution in [0.1, 0.15) is 37.4 Å². The summed E-state index contributed by atoms with van der Waals surface area (Å²) >= 11 is 7.95.